The first-order chi connectivity index (χ1) is 8.92. The van der Waals surface area contributed by atoms with E-state index in [1.54, 1.807) is 6.92 Å². The van der Waals surface area contributed by atoms with Gasteiger partial charge in [-0.2, -0.15) is 13.2 Å². The maximum absolute atomic E-state index is 12.2. The summed E-state index contributed by atoms with van der Waals surface area (Å²) in [5, 5.41) is 7.32. The number of ether oxygens (including phenoxy) is 1. The van der Waals surface area contributed by atoms with Gasteiger partial charge in [0.05, 0.1) is 25.3 Å². The zero-order valence-corrected chi connectivity index (χ0v) is 10.4. The minimum absolute atomic E-state index is 0.0477. The quantitative estimate of drug-likeness (QED) is 0.775. The molecule has 0 atom stereocenters. The molecule has 0 aromatic carbocycles. The van der Waals surface area contributed by atoms with Gasteiger partial charge in [-0.15, -0.1) is 5.10 Å². The molecule has 106 valence electrons. The molecule has 0 radical (unpaired) electrons. The summed E-state index contributed by atoms with van der Waals surface area (Å²) >= 11 is 0. The normalized spacial score (nSPS) is 15.6. The second-order valence-corrected chi connectivity index (χ2v) is 4.41. The molecule has 5 nitrogen and oxygen atoms in total. The summed E-state index contributed by atoms with van der Waals surface area (Å²) in [4.78, 5) is 11.7. The Morgan fingerprint density at radius 2 is 2.16 bits per heavy atom. The predicted molar refractivity (Wildman–Crippen MR) is 58.6 cm³/mol. The molecular weight excluding hydrogens is 263 g/mol. The lowest BCUT2D eigenvalue weighted by Gasteiger charge is -2.08. The summed E-state index contributed by atoms with van der Waals surface area (Å²) in [5.74, 6) is -0.551. The number of esters is 1. The first kappa shape index (κ1) is 13.8. The summed E-state index contributed by atoms with van der Waals surface area (Å²) in [7, 11) is 0. The van der Waals surface area contributed by atoms with E-state index in [-0.39, 0.29) is 24.8 Å². The number of nitrogens with zero attached hydrogens (tertiary/aromatic N) is 3. The highest BCUT2D eigenvalue weighted by molar-refractivity contribution is 5.88. The number of hydrogen-bond donors (Lipinski definition) is 0. The maximum atomic E-state index is 12.2. The standard InChI is InChI=1S/C11H14F3N3O2/c1-2-19-10(18)8-9(7-3-4-7)17(16-15-8)6-5-11(12,13)14/h7H,2-6H2,1H3. The van der Waals surface area contributed by atoms with Crippen LogP contribution in [0.2, 0.25) is 0 Å². The minimum Gasteiger partial charge on any atom is -0.461 e. The SMILES string of the molecule is CCOC(=O)c1nnn(CCC(F)(F)F)c1C1CC1. The first-order valence-corrected chi connectivity index (χ1v) is 6.09. The van der Waals surface area contributed by atoms with Crippen LogP contribution in [0, 0.1) is 0 Å². The van der Waals surface area contributed by atoms with E-state index in [1.807, 2.05) is 0 Å². The number of carbonyl (C=O) groups excluding carboxylic acids is 1. The van der Waals surface area contributed by atoms with E-state index in [9.17, 15) is 18.0 Å². The van der Waals surface area contributed by atoms with Crippen molar-refractivity contribution >= 4 is 5.97 Å². The molecule has 1 heterocycles. The summed E-state index contributed by atoms with van der Waals surface area (Å²) in [5.41, 5.74) is 0.522. The molecular formula is C11H14F3N3O2. The molecule has 1 aliphatic carbocycles. The van der Waals surface area contributed by atoms with Crippen molar-refractivity contribution in [1.29, 1.82) is 0 Å². The van der Waals surface area contributed by atoms with Crippen LogP contribution < -0.4 is 0 Å². The van der Waals surface area contributed by atoms with Crippen LogP contribution in [0.4, 0.5) is 13.2 Å². The fraction of sp³-hybridized carbons (Fsp3) is 0.727. The van der Waals surface area contributed by atoms with E-state index in [0.717, 1.165) is 12.8 Å². The molecule has 1 saturated carbocycles. The van der Waals surface area contributed by atoms with E-state index in [2.05, 4.69) is 10.3 Å². The molecule has 0 N–H and O–H groups in total. The van der Waals surface area contributed by atoms with Gasteiger partial charge in [-0.1, -0.05) is 5.21 Å². The predicted octanol–water partition coefficient (Wildman–Crippen LogP) is 2.28. The van der Waals surface area contributed by atoms with Crippen molar-refractivity contribution in [2.45, 2.75) is 44.8 Å². The number of carbonyl (C=O) groups is 1. The lowest BCUT2D eigenvalue weighted by atomic mass is 10.2. The van der Waals surface area contributed by atoms with Crippen LogP contribution in [-0.4, -0.2) is 33.7 Å². The average Bonchev–Trinajstić information content (AvgIpc) is 3.05. The van der Waals surface area contributed by atoms with Crippen LogP contribution in [0.3, 0.4) is 0 Å². The molecule has 0 saturated heterocycles. The first-order valence-electron chi connectivity index (χ1n) is 6.09. The molecule has 0 amide bonds. The average molecular weight is 277 g/mol. The van der Waals surface area contributed by atoms with Gasteiger partial charge >= 0.3 is 12.1 Å². The third-order valence-electron chi connectivity index (χ3n) is 2.81. The Kier molecular flexibility index (Phi) is 3.77. The van der Waals surface area contributed by atoms with Crippen LogP contribution >= 0.6 is 0 Å². The fourth-order valence-electron chi connectivity index (χ4n) is 1.82. The van der Waals surface area contributed by atoms with Crippen molar-refractivity contribution < 1.29 is 22.7 Å². The highest BCUT2D eigenvalue weighted by Gasteiger charge is 2.35. The van der Waals surface area contributed by atoms with E-state index in [4.69, 9.17) is 4.74 Å². The van der Waals surface area contributed by atoms with Crippen molar-refractivity contribution in [3.63, 3.8) is 0 Å². The summed E-state index contributed by atoms with van der Waals surface area (Å²) in [6.45, 7) is 1.53. The number of aromatic nitrogens is 3. The van der Waals surface area contributed by atoms with Gasteiger partial charge in [-0.3, -0.25) is 0 Å². The number of halogens is 3. The van der Waals surface area contributed by atoms with Gasteiger partial charge in [0, 0.05) is 5.92 Å². The van der Waals surface area contributed by atoms with Gasteiger partial charge in [-0.25, -0.2) is 9.48 Å². The van der Waals surface area contributed by atoms with Crippen LogP contribution in [0.25, 0.3) is 0 Å². The van der Waals surface area contributed by atoms with E-state index < -0.39 is 18.6 Å². The van der Waals surface area contributed by atoms with Crippen LogP contribution in [-0.2, 0) is 11.3 Å². The van der Waals surface area contributed by atoms with Gasteiger partial charge in [0.2, 0.25) is 0 Å². The lowest BCUT2D eigenvalue weighted by Crippen LogP contribution is -2.15. The smallest absolute Gasteiger partial charge is 0.390 e. The fourth-order valence-corrected chi connectivity index (χ4v) is 1.82. The Morgan fingerprint density at radius 1 is 1.47 bits per heavy atom. The largest absolute Gasteiger partial charge is 0.461 e. The molecule has 1 aromatic rings. The molecule has 0 bridgehead atoms. The Labute approximate surface area is 107 Å². The molecule has 1 aliphatic rings. The highest BCUT2D eigenvalue weighted by Crippen LogP contribution is 2.41. The summed E-state index contributed by atoms with van der Waals surface area (Å²) < 4.78 is 42.7. The van der Waals surface area contributed by atoms with E-state index in [1.165, 1.54) is 4.68 Å². The molecule has 0 spiro atoms. The third-order valence-corrected chi connectivity index (χ3v) is 2.81. The topological polar surface area (TPSA) is 57.0 Å². The molecule has 1 aromatic heterocycles. The van der Waals surface area contributed by atoms with Gasteiger partial charge in [0.15, 0.2) is 5.69 Å². The number of hydrogen-bond acceptors (Lipinski definition) is 4. The zero-order chi connectivity index (χ0) is 14.0. The van der Waals surface area contributed by atoms with E-state index in [0.29, 0.717) is 5.69 Å². The monoisotopic (exact) mass is 277 g/mol. The molecule has 0 aliphatic heterocycles. The Bertz CT molecular complexity index is 466. The van der Waals surface area contributed by atoms with Crippen LogP contribution in [0.5, 0.6) is 0 Å². The van der Waals surface area contributed by atoms with Gasteiger partial charge in [0.1, 0.15) is 0 Å². The lowest BCUT2D eigenvalue weighted by molar-refractivity contribution is -0.137. The summed E-state index contributed by atoms with van der Waals surface area (Å²) in [6.07, 6.45) is -3.56. The van der Waals surface area contributed by atoms with Crippen molar-refractivity contribution in [1.82, 2.24) is 15.0 Å². The molecule has 8 heteroatoms. The maximum Gasteiger partial charge on any atom is 0.390 e. The highest BCUT2D eigenvalue weighted by atomic mass is 19.4. The number of alkyl halides is 3. The van der Waals surface area contributed by atoms with Crippen LogP contribution in [0.15, 0.2) is 0 Å². The molecule has 0 unspecified atom stereocenters. The number of rotatable bonds is 5. The van der Waals surface area contributed by atoms with Crippen molar-refractivity contribution in [3.8, 4) is 0 Å². The van der Waals surface area contributed by atoms with Crippen molar-refractivity contribution in [2.75, 3.05) is 6.61 Å². The van der Waals surface area contributed by atoms with E-state index >= 15 is 0 Å². The van der Waals surface area contributed by atoms with Crippen molar-refractivity contribution in [2.24, 2.45) is 0 Å². The Morgan fingerprint density at radius 3 is 2.68 bits per heavy atom. The van der Waals surface area contributed by atoms with Crippen molar-refractivity contribution in [3.05, 3.63) is 11.4 Å². The molecule has 19 heavy (non-hydrogen) atoms. The Balaban J connectivity index is 2.17. The Hall–Kier alpha value is -1.60. The minimum atomic E-state index is -4.25. The van der Waals surface area contributed by atoms with Gasteiger partial charge in [0.25, 0.3) is 0 Å². The molecule has 1 fully saturated rings. The van der Waals surface area contributed by atoms with Gasteiger partial charge in [-0.05, 0) is 19.8 Å². The van der Waals surface area contributed by atoms with Crippen LogP contribution in [0.1, 0.15) is 48.3 Å². The van der Waals surface area contributed by atoms with Gasteiger partial charge < -0.3 is 4.74 Å². The summed E-state index contributed by atoms with van der Waals surface area (Å²) in [6, 6.07) is 0. The third kappa shape index (κ3) is 3.45. The molecule has 2 rings (SSSR count). The second-order valence-electron chi connectivity index (χ2n) is 4.41. The number of aryl methyl sites for hydroxylation is 1. The second kappa shape index (κ2) is 5.18. The zero-order valence-electron chi connectivity index (χ0n) is 10.4.